The van der Waals surface area contributed by atoms with Crippen LogP contribution in [-0.2, 0) is 4.79 Å². The minimum atomic E-state index is -0.404. The largest absolute Gasteiger partial charge is 0.299 e. The second kappa shape index (κ2) is 3.76. The van der Waals surface area contributed by atoms with Crippen LogP contribution >= 0.6 is 0 Å². The second-order valence-electron chi connectivity index (χ2n) is 5.36. The highest BCUT2D eigenvalue weighted by Gasteiger charge is 2.42. The quantitative estimate of drug-likeness (QED) is 0.588. The van der Waals surface area contributed by atoms with E-state index in [4.69, 9.17) is 0 Å². The summed E-state index contributed by atoms with van der Waals surface area (Å²) in [6, 6.07) is 12.8. The third kappa shape index (κ3) is 1.33. The van der Waals surface area contributed by atoms with Gasteiger partial charge in [0.25, 0.3) is 5.69 Å². The number of hydrogen-bond acceptors (Lipinski definition) is 3. The van der Waals surface area contributed by atoms with Crippen LogP contribution in [0.1, 0.15) is 40.5 Å². The Hall–Kier alpha value is -2.49. The summed E-state index contributed by atoms with van der Waals surface area (Å²) in [6.07, 6.45) is 0.506. The van der Waals surface area contributed by atoms with Gasteiger partial charge in [0.05, 0.1) is 10.8 Å². The Morgan fingerprint density at radius 2 is 1.70 bits per heavy atom. The molecule has 2 aromatic rings. The van der Waals surface area contributed by atoms with Crippen LogP contribution in [0.25, 0.3) is 0 Å². The molecule has 3 aliphatic rings. The van der Waals surface area contributed by atoms with Gasteiger partial charge < -0.3 is 0 Å². The summed E-state index contributed by atoms with van der Waals surface area (Å²) < 4.78 is 0. The molecule has 2 unspecified atom stereocenters. The number of nitro benzene ring substituents is 1. The number of fused-ring (bicyclic) bond motifs is 1. The maximum atomic E-state index is 12.3. The minimum absolute atomic E-state index is 0.0551. The van der Waals surface area contributed by atoms with Crippen molar-refractivity contribution >= 4 is 11.5 Å². The standard InChI is InChI=1S/C16H11NO3/c18-15-8-13-10-3-1-2-4-12(10)16(15)14-7-9(17(19)20)5-6-11(13)14/h1-7,13,16H,8H2. The monoisotopic (exact) mass is 265 g/mol. The lowest BCUT2D eigenvalue weighted by Gasteiger charge is -2.38. The van der Waals surface area contributed by atoms with E-state index in [0.717, 1.165) is 16.7 Å². The van der Waals surface area contributed by atoms with Gasteiger partial charge in [-0.15, -0.1) is 0 Å². The summed E-state index contributed by atoms with van der Waals surface area (Å²) >= 11 is 0. The maximum absolute atomic E-state index is 12.3. The molecule has 3 aliphatic carbocycles. The van der Waals surface area contributed by atoms with Gasteiger partial charge in [0, 0.05) is 24.5 Å². The molecular weight excluding hydrogens is 254 g/mol. The van der Waals surface area contributed by atoms with E-state index in [-0.39, 0.29) is 23.3 Å². The average molecular weight is 265 g/mol. The number of Topliss-reactive ketones (excluding diaryl/α,β-unsaturated/α-hetero) is 1. The molecule has 2 atom stereocenters. The van der Waals surface area contributed by atoms with E-state index in [1.54, 1.807) is 6.07 Å². The van der Waals surface area contributed by atoms with E-state index < -0.39 is 4.92 Å². The molecule has 98 valence electrons. The van der Waals surface area contributed by atoms with Crippen LogP contribution in [0.4, 0.5) is 5.69 Å². The van der Waals surface area contributed by atoms with Gasteiger partial charge in [-0.05, 0) is 22.3 Å². The van der Waals surface area contributed by atoms with Crippen LogP contribution in [0.5, 0.6) is 0 Å². The predicted molar refractivity (Wildman–Crippen MR) is 72.8 cm³/mol. The third-order valence-corrected chi connectivity index (χ3v) is 4.38. The molecule has 0 radical (unpaired) electrons. The van der Waals surface area contributed by atoms with Crippen molar-refractivity contribution < 1.29 is 9.72 Å². The van der Waals surface area contributed by atoms with E-state index in [1.165, 1.54) is 11.6 Å². The molecule has 0 saturated carbocycles. The SMILES string of the molecule is O=C1CC2c3ccccc3C1c1cc([N+](=O)[O-])ccc12. The lowest BCUT2D eigenvalue weighted by atomic mass is 9.63. The molecule has 0 N–H and O–H groups in total. The Morgan fingerprint density at radius 3 is 2.45 bits per heavy atom. The van der Waals surface area contributed by atoms with Crippen molar-refractivity contribution in [3.05, 3.63) is 74.8 Å². The summed E-state index contributed by atoms with van der Waals surface area (Å²) in [5.74, 6) is -0.104. The molecule has 0 aromatic heterocycles. The molecule has 2 bridgehead atoms. The van der Waals surface area contributed by atoms with Gasteiger partial charge in [-0.25, -0.2) is 0 Å². The van der Waals surface area contributed by atoms with Crippen LogP contribution in [0.15, 0.2) is 42.5 Å². The summed E-state index contributed by atoms with van der Waals surface area (Å²) in [7, 11) is 0. The highest BCUT2D eigenvalue weighted by atomic mass is 16.6. The first-order valence-corrected chi connectivity index (χ1v) is 6.56. The molecule has 0 saturated heterocycles. The van der Waals surface area contributed by atoms with Crippen LogP contribution in [-0.4, -0.2) is 10.7 Å². The number of nitro groups is 1. The molecule has 5 rings (SSSR count). The number of ketones is 1. The zero-order valence-corrected chi connectivity index (χ0v) is 10.6. The Kier molecular flexibility index (Phi) is 2.13. The van der Waals surface area contributed by atoms with E-state index in [1.807, 2.05) is 24.3 Å². The van der Waals surface area contributed by atoms with Gasteiger partial charge in [0.2, 0.25) is 0 Å². The smallest absolute Gasteiger partial charge is 0.269 e. The van der Waals surface area contributed by atoms with Crippen molar-refractivity contribution in [3.63, 3.8) is 0 Å². The number of rotatable bonds is 1. The summed E-state index contributed by atoms with van der Waals surface area (Å²) in [4.78, 5) is 22.8. The van der Waals surface area contributed by atoms with Crippen LogP contribution in [0.2, 0.25) is 0 Å². The molecular formula is C16H11NO3. The van der Waals surface area contributed by atoms with Gasteiger partial charge in [-0.2, -0.15) is 0 Å². The molecule has 0 spiro atoms. The van der Waals surface area contributed by atoms with Crippen molar-refractivity contribution in [3.8, 4) is 0 Å². The summed E-state index contributed by atoms with van der Waals surface area (Å²) in [5, 5.41) is 10.9. The van der Waals surface area contributed by atoms with E-state index in [9.17, 15) is 14.9 Å². The molecule has 4 nitrogen and oxygen atoms in total. The highest BCUT2D eigenvalue weighted by Crippen LogP contribution is 2.51. The molecule has 2 aromatic carbocycles. The van der Waals surface area contributed by atoms with Crippen LogP contribution in [0.3, 0.4) is 0 Å². The Morgan fingerprint density at radius 1 is 1.00 bits per heavy atom. The molecule has 4 heteroatoms. The van der Waals surface area contributed by atoms with Gasteiger partial charge in [-0.1, -0.05) is 30.3 Å². The zero-order valence-electron chi connectivity index (χ0n) is 10.6. The minimum Gasteiger partial charge on any atom is -0.299 e. The first-order chi connectivity index (χ1) is 9.66. The number of non-ortho nitro benzene ring substituents is 1. The average Bonchev–Trinajstić information content (AvgIpc) is 2.46. The van der Waals surface area contributed by atoms with Gasteiger partial charge in [0.1, 0.15) is 5.78 Å². The van der Waals surface area contributed by atoms with Gasteiger partial charge in [-0.3, -0.25) is 14.9 Å². The molecule has 0 fully saturated rings. The maximum Gasteiger partial charge on any atom is 0.269 e. The second-order valence-corrected chi connectivity index (χ2v) is 5.36. The fourth-order valence-corrected chi connectivity index (χ4v) is 3.56. The van der Waals surface area contributed by atoms with E-state index in [0.29, 0.717) is 6.42 Å². The van der Waals surface area contributed by atoms with Crippen LogP contribution < -0.4 is 0 Å². The van der Waals surface area contributed by atoms with E-state index in [2.05, 4.69) is 6.07 Å². The molecule has 0 heterocycles. The normalized spacial score (nSPS) is 22.3. The lowest BCUT2D eigenvalue weighted by molar-refractivity contribution is -0.384. The van der Waals surface area contributed by atoms with Crippen molar-refractivity contribution in [1.29, 1.82) is 0 Å². The van der Waals surface area contributed by atoms with E-state index >= 15 is 0 Å². The third-order valence-electron chi connectivity index (χ3n) is 4.38. The fraction of sp³-hybridized carbons (Fsp3) is 0.188. The number of nitrogens with zero attached hydrogens (tertiary/aromatic N) is 1. The first-order valence-electron chi connectivity index (χ1n) is 6.56. The number of hydrogen-bond donors (Lipinski definition) is 0. The number of benzene rings is 2. The Labute approximate surface area is 115 Å². The Balaban J connectivity index is 1.99. The topological polar surface area (TPSA) is 60.2 Å². The number of carbonyl (C=O) groups is 1. The predicted octanol–water partition coefficient (Wildman–Crippen LogP) is 3.14. The summed E-state index contributed by atoms with van der Waals surface area (Å²) in [6.45, 7) is 0. The van der Waals surface area contributed by atoms with Crippen LogP contribution in [0, 0.1) is 10.1 Å². The van der Waals surface area contributed by atoms with Crippen molar-refractivity contribution in [2.45, 2.75) is 18.3 Å². The fourth-order valence-electron chi connectivity index (χ4n) is 3.56. The molecule has 20 heavy (non-hydrogen) atoms. The first kappa shape index (κ1) is 11.3. The van der Waals surface area contributed by atoms with Gasteiger partial charge >= 0.3 is 0 Å². The van der Waals surface area contributed by atoms with Gasteiger partial charge in [0.15, 0.2) is 0 Å². The molecule has 0 amide bonds. The number of carbonyl (C=O) groups excluding carboxylic acids is 1. The van der Waals surface area contributed by atoms with Crippen molar-refractivity contribution in [2.75, 3.05) is 0 Å². The highest BCUT2D eigenvalue weighted by molar-refractivity contribution is 5.95. The Bertz CT molecular complexity index is 766. The van der Waals surface area contributed by atoms with Crippen molar-refractivity contribution in [2.24, 2.45) is 0 Å². The molecule has 0 aliphatic heterocycles. The zero-order chi connectivity index (χ0) is 13.9. The van der Waals surface area contributed by atoms with Crippen molar-refractivity contribution in [1.82, 2.24) is 0 Å². The lowest BCUT2D eigenvalue weighted by Crippen LogP contribution is -2.32. The summed E-state index contributed by atoms with van der Waals surface area (Å²) in [5.41, 5.74) is 4.15.